The van der Waals surface area contributed by atoms with Crippen molar-refractivity contribution in [3.05, 3.63) is 63.1 Å². The fraction of sp³-hybridized carbons (Fsp3) is 0.154. The molecule has 100 valence electrons. The highest BCUT2D eigenvalue weighted by molar-refractivity contribution is 9.10. The zero-order valence-corrected chi connectivity index (χ0v) is 12.2. The van der Waals surface area contributed by atoms with Gasteiger partial charge in [-0.25, -0.2) is 4.39 Å². The Morgan fingerprint density at radius 1 is 1.42 bits per heavy atom. The van der Waals surface area contributed by atoms with E-state index in [2.05, 4.69) is 26.3 Å². The zero-order chi connectivity index (χ0) is 13.8. The molecule has 19 heavy (non-hydrogen) atoms. The second-order valence-corrected chi connectivity index (χ2v) is 5.42. The Kier molecular flexibility index (Phi) is 4.87. The van der Waals surface area contributed by atoms with E-state index in [0.717, 1.165) is 11.1 Å². The summed E-state index contributed by atoms with van der Waals surface area (Å²) in [6.45, 7) is 0. The third-order valence-electron chi connectivity index (χ3n) is 2.77. The number of aromatic nitrogens is 1. The van der Waals surface area contributed by atoms with Crippen LogP contribution in [0.2, 0.25) is 5.02 Å². The second-order valence-electron chi connectivity index (χ2n) is 4.09. The first kappa shape index (κ1) is 14.4. The number of pyridine rings is 1. The summed E-state index contributed by atoms with van der Waals surface area (Å²) in [7, 11) is 0. The first-order chi connectivity index (χ1) is 9.10. The molecule has 2 rings (SSSR count). The Labute approximate surface area is 124 Å². The first-order valence-corrected chi connectivity index (χ1v) is 6.77. The molecular weight excluding hydrogens is 333 g/mol. The largest absolute Gasteiger partial charge is 0.271 e. The quantitative estimate of drug-likeness (QED) is 0.660. The van der Waals surface area contributed by atoms with Gasteiger partial charge in [-0.15, -0.1) is 0 Å². The van der Waals surface area contributed by atoms with Gasteiger partial charge in [0.15, 0.2) is 0 Å². The van der Waals surface area contributed by atoms with Crippen molar-refractivity contribution in [2.75, 3.05) is 0 Å². The maximum absolute atomic E-state index is 13.4. The minimum absolute atomic E-state index is 0.230. The highest BCUT2D eigenvalue weighted by Crippen LogP contribution is 2.25. The van der Waals surface area contributed by atoms with Gasteiger partial charge in [0.05, 0.1) is 11.1 Å². The van der Waals surface area contributed by atoms with Gasteiger partial charge in [0.2, 0.25) is 0 Å². The van der Waals surface area contributed by atoms with Crippen molar-refractivity contribution >= 4 is 27.5 Å². The molecule has 0 spiro atoms. The lowest BCUT2D eigenvalue weighted by Gasteiger charge is -2.17. The number of rotatable bonds is 4. The molecule has 1 aromatic heterocycles. The van der Waals surface area contributed by atoms with Gasteiger partial charge in [0.1, 0.15) is 5.82 Å². The number of benzene rings is 1. The van der Waals surface area contributed by atoms with E-state index in [0.29, 0.717) is 15.9 Å². The number of hydrazine groups is 1. The Morgan fingerprint density at radius 3 is 2.84 bits per heavy atom. The second kappa shape index (κ2) is 6.43. The van der Waals surface area contributed by atoms with Crippen LogP contribution in [-0.4, -0.2) is 4.98 Å². The molecule has 1 atom stereocenters. The topological polar surface area (TPSA) is 50.9 Å². The van der Waals surface area contributed by atoms with Crippen LogP contribution in [0.3, 0.4) is 0 Å². The van der Waals surface area contributed by atoms with Gasteiger partial charge < -0.3 is 0 Å². The van der Waals surface area contributed by atoms with E-state index >= 15 is 0 Å². The van der Waals surface area contributed by atoms with E-state index in [4.69, 9.17) is 17.4 Å². The first-order valence-electron chi connectivity index (χ1n) is 5.60. The normalized spacial score (nSPS) is 12.4. The molecule has 0 radical (unpaired) electrons. The number of hydrogen-bond donors (Lipinski definition) is 2. The number of nitrogens with one attached hydrogen (secondary N) is 1. The minimum atomic E-state index is -0.314. The third-order valence-corrected chi connectivity index (χ3v) is 3.57. The van der Waals surface area contributed by atoms with Gasteiger partial charge in [0.25, 0.3) is 0 Å². The Bertz CT molecular complexity index is 559. The lowest BCUT2D eigenvalue weighted by Crippen LogP contribution is -2.29. The van der Waals surface area contributed by atoms with Gasteiger partial charge in [-0.3, -0.25) is 16.3 Å². The molecule has 1 aromatic carbocycles. The maximum atomic E-state index is 13.4. The van der Waals surface area contributed by atoms with Crippen molar-refractivity contribution in [3.63, 3.8) is 0 Å². The van der Waals surface area contributed by atoms with Crippen LogP contribution in [0.15, 0.2) is 41.1 Å². The van der Waals surface area contributed by atoms with Crippen LogP contribution in [0.4, 0.5) is 4.39 Å². The summed E-state index contributed by atoms with van der Waals surface area (Å²) in [5.74, 6) is 5.24. The molecule has 0 aliphatic heterocycles. The monoisotopic (exact) mass is 343 g/mol. The minimum Gasteiger partial charge on any atom is -0.271 e. The summed E-state index contributed by atoms with van der Waals surface area (Å²) in [4.78, 5) is 3.93. The molecule has 1 heterocycles. The smallest absolute Gasteiger partial charge is 0.124 e. The summed E-state index contributed by atoms with van der Waals surface area (Å²) in [6.07, 6.45) is 3.79. The summed E-state index contributed by atoms with van der Waals surface area (Å²) >= 11 is 9.33. The standard InChI is InChI=1S/C13H12BrClFN3/c14-10-3-9(4-11(16)6-10)13(19-17)5-8-1-2-18-7-12(8)15/h1-4,6-7,13,19H,5,17H2. The van der Waals surface area contributed by atoms with Crippen molar-refractivity contribution in [3.8, 4) is 0 Å². The average molecular weight is 345 g/mol. The van der Waals surface area contributed by atoms with Crippen LogP contribution in [-0.2, 0) is 6.42 Å². The van der Waals surface area contributed by atoms with Crippen LogP contribution in [0.5, 0.6) is 0 Å². The van der Waals surface area contributed by atoms with Gasteiger partial charge in [-0.05, 0) is 41.8 Å². The SMILES string of the molecule is NNC(Cc1ccncc1Cl)c1cc(F)cc(Br)c1. The van der Waals surface area contributed by atoms with E-state index in [-0.39, 0.29) is 11.9 Å². The van der Waals surface area contributed by atoms with E-state index < -0.39 is 0 Å². The van der Waals surface area contributed by atoms with Crippen molar-refractivity contribution in [1.29, 1.82) is 0 Å². The van der Waals surface area contributed by atoms with E-state index in [1.54, 1.807) is 12.4 Å². The predicted octanol–water partition coefficient (Wildman–Crippen LogP) is 3.38. The summed E-state index contributed by atoms with van der Waals surface area (Å²) in [5.41, 5.74) is 4.34. The van der Waals surface area contributed by atoms with Crippen LogP contribution < -0.4 is 11.3 Å². The van der Waals surface area contributed by atoms with Crippen molar-refractivity contribution in [2.45, 2.75) is 12.5 Å². The van der Waals surface area contributed by atoms with Crippen molar-refractivity contribution in [2.24, 2.45) is 5.84 Å². The molecule has 0 fully saturated rings. The van der Waals surface area contributed by atoms with Crippen LogP contribution in [0.25, 0.3) is 0 Å². The molecule has 6 heteroatoms. The molecule has 3 nitrogen and oxygen atoms in total. The van der Waals surface area contributed by atoms with Gasteiger partial charge >= 0.3 is 0 Å². The molecule has 3 N–H and O–H groups in total. The van der Waals surface area contributed by atoms with Crippen molar-refractivity contribution in [1.82, 2.24) is 10.4 Å². The van der Waals surface area contributed by atoms with E-state index in [9.17, 15) is 4.39 Å². The summed E-state index contributed by atoms with van der Waals surface area (Å²) in [5, 5.41) is 0.568. The number of hydrogen-bond acceptors (Lipinski definition) is 3. The van der Waals surface area contributed by atoms with Crippen molar-refractivity contribution < 1.29 is 4.39 Å². The highest BCUT2D eigenvalue weighted by Gasteiger charge is 2.14. The molecule has 0 saturated heterocycles. The number of nitrogens with two attached hydrogens (primary N) is 1. The zero-order valence-electron chi connectivity index (χ0n) is 9.91. The fourth-order valence-corrected chi connectivity index (χ4v) is 2.52. The van der Waals surface area contributed by atoms with Gasteiger partial charge in [-0.2, -0.15) is 0 Å². The molecule has 0 amide bonds. The molecule has 0 aliphatic rings. The van der Waals surface area contributed by atoms with E-state index in [1.807, 2.05) is 12.1 Å². The molecular formula is C13H12BrClFN3. The summed E-state index contributed by atoms with van der Waals surface area (Å²) in [6, 6.07) is 6.26. The van der Waals surface area contributed by atoms with Crippen LogP contribution in [0.1, 0.15) is 17.2 Å². The van der Waals surface area contributed by atoms with Crippen LogP contribution in [0, 0.1) is 5.82 Å². The van der Waals surface area contributed by atoms with Gasteiger partial charge in [0, 0.05) is 16.9 Å². The number of nitrogens with zero attached hydrogens (tertiary/aromatic N) is 1. The molecule has 0 saturated carbocycles. The molecule has 1 unspecified atom stereocenters. The Hall–Kier alpha value is -1.01. The molecule has 2 aromatic rings. The summed E-state index contributed by atoms with van der Waals surface area (Å²) < 4.78 is 14.1. The average Bonchev–Trinajstić information content (AvgIpc) is 2.36. The lowest BCUT2D eigenvalue weighted by atomic mass is 10.00. The third kappa shape index (κ3) is 3.73. The molecule has 0 bridgehead atoms. The Morgan fingerprint density at radius 2 is 2.21 bits per heavy atom. The lowest BCUT2D eigenvalue weighted by molar-refractivity contribution is 0.544. The Balaban J connectivity index is 2.28. The van der Waals surface area contributed by atoms with Crippen LogP contribution >= 0.6 is 27.5 Å². The van der Waals surface area contributed by atoms with E-state index in [1.165, 1.54) is 12.1 Å². The highest BCUT2D eigenvalue weighted by atomic mass is 79.9. The molecule has 0 aliphatic carbocycles. The fourth-order valence-electron chi connectivity index (χ4n) is 1.84. The number of halogens is 3. The predicted molar refractivity (Wildman–Crippen MR) is 77.1 cm³/mol. The van der Waals surface area contributed by atoms with Gasteiger partial charge in [-0.1, -0.05) is 27.5 Å². The maximum Gasteiger partial charge on any atom is 0.124 e.